The van der Waals surface area contributed by atoms with Gasteiger partial charge in [-0.15, -0.1) is 0 Å². The van der Waals surface area contributed by atoms with E-state index >= 15 is 0 Å². The van der Waals surface area contributed by atoms with Crippen LogP contribution in [-0.4, -0.2) is 52.7 Å². The van der Waals surface area contributed by atoms with Crippen LogP contribution in [0.4, 0.5) is 0 Å². The maximum absolute atomic E-state index is 12.4. The lowest BCUT2D eigenvalue weighted by Gasteiger charge is -2.32. The van der Waals surface area contributed by atoms with E-state index in [0.717, 1.165) is 5.56 Å². The largest absolute Gasteiger partial charge is 0.480 e. The number of ether oxygens (including phenoxy) is 1. The molecular weight excluding hydrogens is 336 g/mol. The molecule has 1 amide bonds. The van der Waals surface area contributed by atoms with E-state index in [1.165, 1.54) is 11.2 Å². The molecule has 2 heterocycles. The van der Waals surface area contributed by atoms with Gasteiger partial charge in [0.2, 0.25) is 11.8 Å². The van der Waals surface area contributed by atoms with Gasteiger partial charge < -0.3 is 19.2 Å². The molecule has 1 N–H and O–H groups in total. The summed E-state index contributed by atoms with van der Waals surface area (Å²) in [5.41, 5.74) is 1.19. The van der Waals surface area contributed by atoms with Gasteiger partial charge in [-0.3, -0.25) is 4.79 Å². The van der Waals surface area contributed by atoms with Crippen LogP contribution in [0.5, 0.6) is 0 Å². The number of carboxylic acid groups (broad SMARTS) is 1. The molecule has 3 rings (SSSR count). The number of morpholine rings is 1. The zero-order valence-electron chi connectivity index (χ0n) is 12.6. The van der Waals surface area contributed by atoms with Crippen LogP contribution in [0.3, 0.4) is 0 Å². The number of oxazole rings is 1. The van der Waals surface area contributed by atoms with Crippen molar-refractivity contribution in [1.29, 1.82) is 0 Å². The highest BCUT2D eigenvalue weighted by molar-refractivity contribution is 6.30. The van der Waals surface area contributed by atoms with Crippen LogP contribution in [0.1, 0.15) is 5.69 Å². The van der Waals surface area contributed by atoms with Crippen molar-refractivity contribution in [2.24, 2.45) is 0 Å². The van der Waals surface area contributed by atoms with Crippen LogP contribution < -0.4 is 0 Å². The molecule has 1 aromatic carbocycles. The lowest BCUT2D eigenvalue weighted by molar-refractivity contribution is -0.158. The van der Waals surface area contributed by atoms with Gasteiger partial charge in [0.15, 0.2) is 6.04 Å². The van der Waals surface area contributed by atoms with Crippen LogP contribution in [0.2, 0.25) is 5.02 Å². The molecule has 126 valence electrons. The third-order valence-corrected chi connectivity index (χ3v) is 3.96. The molecule has 1 saturated heterocycles. The number of carboxylic acids is 1. The summed E-state index contributed by atoms with van der Waals surface area (Å²) < 4.78 is 10.5. The van der Waals surface area contributed by atoms with Gasteiger partial charge in [0.1, 0.15) is 6.26 Å². The maximum atomic E-state index is 12.4. The van der Waals surface area contributed by atoms with E-state index < -0.39 is 12.0 Å². The molecule has 1 aliphatic heterocycles. The number of benzene rings is 1. The minimum Gasteiger partial charge on any atom is -0.480 e. The zero-order valence-corrected chi connectivity index (χ0v) is 13.4. The first-order valence-electron chi connectivity index (χ1n) is 7.35. The third kappa shape index (κ3) is 3.58. The van der Waals surface area contributed by atoms with Gasteiger partial charge >= 0.3 is 5.97 Å². The molecule has 0 bridgehead atoms. The molecule has 8 heteroatoms. The monoisotopic (exact) mass is 350 g/mol. The highest BCUT2D eigenvalue weighted by atomic mass is 35.5. The average molecular weight is 351 g/mol. The highest BCUT2D eigenvalue weighted by Crippen LogP contribution is 2.21. The van der Waals surface area contributed by atoms with Crippen LogP contribution in [0, 0.1) is 0 Å². The van der Waals surface area contributed by atoms with Gasteiger partial charge in [-0.2, -0.15) is 0 Å². The molecule has 1 aromatic heterocycles. The summed E-state index contributed by atoms with van der Waals surface area (Å²) in [5.74, 6) is -1.02. The second-order valence-electron chi connectivity index (χ2n) is 5.34. The Bertz CT molecular complexity index is 743. The fourth-order valence-electron chi connectivity index (χ4n) is 2.48. The molecule has 1 aliphatic rings. The summed E-state index contributed by atoms with van der Waals surface area (Å²) in [5, 5.41) is 9.78. The van der Waals surface area contributed by atoms with Gasteiger partial charge in [-0.25, -0.2) is 9.78 Å². The summed E-state index contributed by atoms with van der Waals surface area (Å²) in [6.07, 6.45) is 1.37. The van der Waals surface area contributed by atoms with Crippen molar-refractivity contribution in [3.63, 3.8) is 0 Å². The molecule has 24 heavy (non-hydrogen) atoms. The number of hydrogen-bond donors (Lipinski definition) is 1. The predicted molar refractivity (Wildman–Crippen MR) is 84.6 cm³/mol. The van der Waals surface area contributed by atoms with E-state index in [2.05, 4.69) is 4.98 Å². The molecular formula is C16H15ClN2O5. The van der Waals surface area contributed by atoms with Crippen molar-refractivity contribution < 1.29 is 23.8 Å². The molecule has 0 spiro atoms. The number of aliphatic carboxylic acids is 1. The highest BCUT2D eigenvalue weighted by Gasteiger charge is 2.32. The van der Waals surface area contributed by atoms with Crippen molar-refractivity contribution in [3.8, 4) is 11.5 Å². The van der Waals surface area contributed by atoms with Crippen molar-refractivity contribution >= 4 is 23.5 Å². The quantitative estimate of drug-likeness (QED) is 0.904. The van der Waals surface area contributed by atoms with Gasteiger partial charge in [-0.05, 0) is 24.3 Å². The number of carbonyl (C=O) groups is 2. The van der Waals surface area contributed by atoms with E-state index in [4.69, 9.17) is 20.8 Å². The number of carbonyl (C=O) groups excluding carboxylic acids is 1. The van der Waals surface area contributed by atoms with Crippen LogP contribution in [-0.2, 0) is 20.7 Å². The van der Waals surface area contributed by atoms with Crippen molar-refractivity contribution in [3.05, 3.63) is 41.2 Å². The second kappa shape index (κ2) is 7.02. The Morgan fingerprint density at radius 3 is 2.79 bits per heavy atom. The number of nitrogens with zero attached hydrogens (tertiary/aromatic N) is 2. The van der Waals surface area contributed by atoms with E-state index in [1.807, 2.05) is 0 Å². The van der Waals surface area contributed by atoms with Gasteiger partial charge in [0.05, 0.1) is 25.3 Å². The standard InChI is InChI=1S/C16H15ClN2O5/c17-11-3-1-10(2-4-11)15-18-12(8-24-15)7-14(20)19-5-6-23-9-13(19)16(21)22/h1-4,8,13H,5-7,9H2,(H,21,22). The Labute approximate surface area is 142 Å². The lowest BCUT2D eigenvalue weighted by Crippen LogP contribution is -2.53. The zero-order chi connectivity index (χ0) is 17.1. The summed E-state index contributed by atoms with van der Waals surface area (Å²) in [7, 11) is 0. The Morgan fingerprint density at radius 2 is 2.08 bits per heavy atom. The normalized spacial score (nSPS) is 17.7. The van der Waals surface area contributed by atoms with Crippen molar-refractivity contribution in [1.82, 2.24) is 9.88 Å². The Hall–Kier alpha value is -2.38. The molecule has 1 unspecified atom stereocenters. The first-order chi connectivity index (χ1) is 11.5. The maximum Gasteiger partial charge on any atom is 0.328 e. The number of halogens is 1. The molecule has 2 aromatic rings. The number of rotatable bonds is 4. The molecule has 0 aliphatic carbocycles. The molecule has 1 fully saturated rings. The fraction of sp³-hybridized carbons (Fsp3) is 0.312. The topological polar surface area (TPSA) is 92.9 Å². The van der Waals surface area contributed by atoms with E-state index in [1.54, 1.807) is 24.3 Å². The summed E-state index contributed by atoms with van der Waals surface area (Å²) in [6, 6.07) is 6.01. The van der Waals surface area contributed by atoms with Crippen LogP contribution in [0.15, 0.2) is 34.9 Å². The van der Waals surface area contributed by atoms with Crippen LogP contribution >= 0.6 is 11.6 Å². The molecule has 0 saturated carbocycles. The Morgan fingerprint density at radius 1 is 1.33 bits per heavy atom. The second-order valence-corrected chi connectivity index (χ2v) is 5.78. The Kier molecular flexibility index (Phi) is 4.82. The summed E-state index contributed by atoms with van der Waals surface area (Å²) >= 11 is 5.84. The average Bonchev–Trinajstić information content (AvgIpc) is 3.04. The van der Waals surface area contributed by atoms with Crippen molar-refractivity contribution in [2.45, 2.75) is 12.5 Å². The van der Waals surface area contributed by atoms with E-state index in [-0.39, 0.29) is 25.5 Å². The van der Waals surface area contributed by atoms with E-state index in [9.17, 15) is 14.7 Å². The molecule has 7 nitrogen and oxygen atoms in total. The summed E-state index contributed by atoms with van der Waals surface area (Å²) in [4.78, 5) is 29.2. The molecule has 0 radical (unpaired) electrons. The minimum atomic E-state index is -1.08. The Balaban J connectivity index is 1.70. The number of aromatic nitrogens is 1. The van der Waals surface area contributed by atoms with Crippen LogP contribution in [0.25, 0.3) is 11.5 Å². The fourth-order valence-corrected chi connectivity index (χ4v) is 2.60. The minimum absolute atomic E-state index is 0.00405. The number of amides is 1. The predicted octanol–water partition coefficient (Wildman–Crippen LogP) is 1.85. The SMILES string of the molecule is O=C(O)C1COCCN1C(=O)Cc1coc(-c2ccc(Cl)cc2)n1. The third-order valence-electron chi connectivity index (χ3n) is 3.71. The first-order valence-corrected chi connectivity index (χ1v) is 7.73. The van der Waals surface area contributed by atoms with Gasteiger partial charge in [0.25, 0.3) is 0 Å². The van der Waals surface area contributed by atoms with Crippen molar-refractivity contribution in [2.75, 3.05) is 19.8 Å². The molecule has 1 atom stereocenters. The summed E-state index contributed by atoms with van der Waals surface area (Å²) in [6.45, 7) is 0.567. The smallest absolute Gasteiger partial charge is 0.328 e. The van der Waals surface area contributed by atoms with Gasteiger partial charge in [0, 0.05) is 17.1 Å². The first kappa shape index (κ1) is 16.5. The number of hydrogen-bond acceptors (Lipinski definition) is 5. The van der Waals surface area contributed by atoms with Gasteiger partial charge in [-0.1, -0.05) is 11.6 Å². The van der Waals surface area contributed by atoms with E-state index in [0.29, 0.717) is 23.2 Å². The lowest BCUT2D eigenvalue weighted by atomic mass is 10.2.